The van der Waals surface area contributed by atoms with Gasteiger partial charge >= 0.3 is 0 Å². The molecular weight excluding hydrogens is 412 g/mol. The number of nitrogens with one attached hydrogen (secondary N) is 1. The molecule has 2 aliphatic carbocycles. The molecule has 7 heteroatoms. The number of halogens is 2. The number of rotatable bonds is 5. The Morgan fingerprint density at radius 2 is 1.84 bits per heavy atom. The Morgan fingerprint density at radius 1 is 1.09 bits per heavy atom. The normalized spacial score (nSPS) is 22.0. The highest BCUT2D eigenvalue weighted by Crippen LogP contribution is 2.50. The van der Waals surface area contributed by atoms with Crippen molar-refractivity contribution in [2.45, 2.75) is 56.0 Å². The van der Waals surface area contributed by atoms with Crippen LogP contribution in [0.15, 0.2) is 36.5 Å². The molecule has 2 aliphatic rings. The zero-order chi connectivity index (χ0) is 22.5. The van der Waals surface area contributed by atoms with Crippen LogP contribution in [0, 0.1) is 11.6 Å². The SMILES string of the molecule is NC1CCC(Nc2c(C3(C=O)CC3)cnc3ccc(-c4ccc(O)c(F)c4F)cc23)CC1. The van der Waals surface area contributed by atoms with Crippen LogP contribution in [0.3, 0.4) is 0 Å². The number of aromatic hydroxyl groups is 1. The molecule has 0 bridgehead atoms. The molecule has 2 saturated carbocycles. The first-order valence-electron chi connectivity index (χ1n) is 11.0. The van der Waals surface area contributed by atoms with Crippen LogP contribution in [-0.2, 0) is 10.2 Å². The van der Waals surface area contributed by atoms with E-state index in [2.05, 4.69) is 10.3 Å². The molecule has 1 aromatic heterocycles. The van der Waals surface area contributed by atoms with Gasteiger partial charge in [-0.25, -0.2) is 4.39 Å². The maximum atomic E-state index is 14.6. The maximum absolute atomic E-state index is 14.6. The van der Waals surface area contributed by atoms with Gasteiger partial charge in [0.25, 0.3) is 0 Å². The van der Waals surface area contributed by atoms with Gasteiger partial charge in [0.1, 0.15) is 6.29 Å². The van der Waals surface area contributed by atoms with Crippen molar-refractivity contribution in [3.63, 3.8) is 0 Å². The Kier molecular flexibility index (Phi) is 5.08. The first-order valence-corrected chi connectivity index (χ1v) is 11.0. The van der Waals surface area contributed by atoms with Crippen LogP contribution in [0.25, 0.3) is 22.0 Å². The van der Waals surface area contributed by atoms with Crippen LogP contribution < -0.4 is 11.1 Å². The first kappa shape index (κ1) is 20.8. The number of nitrogens with two attached hydrogens (primary N) is 1. The highest BCUT2D eigenvalue weighted by Gasteiger charge is 2.46. The van der Waals surface area contributed by atoms with Crippen molar-refractivity contribution >= 4 is 22.9 Å². The topological polar surface area (TPSA) is 88.2 Å². The van der Waals surface area contributed by atoms with Gasteiger partial charge in [-0.1, -0.05) is 6.07 Å². The van der Waals surface area contributed by atoms with Gasteiger partial charge in [0.2, 0.25) is 5.82 Å². The number of phenolic OH excluding ortho intramolecular Hbond substituents is 1. The summed E-state index contributed by atoms with van der Waals surface area (Å²) in [5.41, 5.74) is 8.44. The van der Waals surface area contributed by atoms with E-state index in [1.54, 1.807) is 24.4 Å². The number of fused-ring (bicyclic) bond motifs is 1. The van der Waals surface area contributed by atoms with E-state index < -0.39 is 22.8 Å². The second-order valence-corrected chi connectivity index (χ2v) is 9.07. The number of anilines is 1. The number of aldehydes is 1. The molecule has 2 fully saturated rings. The summed E-state index contributed by atoms with van der Waals surface area (Å²) in [6.07, 6.45) is 8.01. The lowest BCUT2D eigenvalue weighted by Gasteiger charge is -2.29. The fraction of sp³-hybridized carbons (Fsp3) is 0.360. The van der Waals surface area contributed by atoms with Gasteiger partial charge in [-0.3, -0.25) is 4.98 Å². The first-order chi connectivity index (χ1) is 15.4. The third-order valence-corrected chi connectivity index (χ3v) is 6.91. The molecule has 0 aliphatic heterocycles. The highest BCUT2D eigenvalue weighted by molar-refractivity contribution is 5.98. The molecule has 0 amide bonds. The number of benzene rings is 2. The Hall–Kier alpha value is -3.06. The minimum absolute atomic E-state index is 0.0544. The lowest BCUT2D eigenvalue weighted by Crippen LogP contribution is -2.33. The summed E-state index contributed by atoms with van der Waals surface area (Å²) in [6.45, 7) is 0. The third kappa shape index (κ3) is 3.50. The van der Waals surface area contributed by atoms with Crippen molar-refractivity contribution in [1.29, 1.82) is 0 Å². The predicted octanol–water partition coefficient (Wildman–Crippen LogP) is 4.80. The average molecular weight is 437 g/mol. The summed E-state index contributed by atoms with van der Waals surface area (Å²) < 4.78 is 28.6. The molecular formula is C25H25F2N3O2. The predicted molar refractivity (Wildman–Crippen MR) is 120 cm³/mol. The summed E-state index contributed by atoms with van der Waals surface area (Å²) in [7, 11) is 0. The molecule has 5 nitrogen and oxygen atoms in total. The molecule has 4 N–H and O–H groups in total. The molecule has 5 rings (SSSR count). The molecule has 3 aromatic rings. The fourth-order valence-electron chi connectivity index (χ4n) is 4.71. The van der Waals surface area contributed by atoms with E-state index in [0.717, 1.165) is 67.5 Å². The Labute approximate surface area is 184 Å². The summed E-state index contributed by atoms with van der Waals surface area (Å²) in [5.74, 6) is -3.10. The number of hydrogen-bond donors (Lipinski definition) is 3. The zero-order valence-corrected chi connectivity index (χ0v) is 17.6. The molecule has 2 aromatic carbocycles. The van der Waals surface area contributed by atoms with E-state index in [1.807, 2.05) is 0 Å². The third-order valence-electron chi connectivity index (χ3n) is 6.91. The van der Waals surface area contributed by atoms with Gasteiger partial charge in [0.05, 0.1) is 10.9 Å². The number of carbonyl (C=O) groups is 1. The Morgan fingerprint density at radius 3 is 2.53 bits per heavy atom. The molecule has 1 heterocycles. The van der Waals surface area contributed by atoms with E-state index >= 15 is 0 Å². The van der Waals surface area contributed by atoms with E-state index in [0.29, 0.717) is 11.1 Å². The zero-order valence-electron chi connectivity index (χ0n) is 17.6. The highest BCUT2D eigenvalue weighted by atomic mass is 19.2. The van der Waals surface area contributed by atoms with Crippen LogP contribution in [0.2, 0.25) is 0 Å². The van der Waals surface area contributed by atoms with Crippen molar-refractivity contribution < 1.29 is 18.7 Å². The Bertz CT molecular complexity index is 1200. The number of pyridine rings is 1. The average Bonchev–Trinajstić information content (AvgIpc) is 3.60. The number of carbonyl (C=O) groups excluding carboxylic acids is 1. The molecule has 0 atom stereocenters. The van der Waals surface area contributed by atoms with Crippen LogP contribution in [0.5, 0.6) is 5.75 Å². The second-order valence-electron chi connectivity index (χ2n) is 9.07. The van der Waals surface area contributed by atoms with E-state index in [-0.39, 0.29) is 17.6 Å². The monoisotopic (exact) mass is 437 g/mol. The van der Waals surface area contributed by atoms with Gasteiger partial charge in [-0.15, -0.1) is 0 Å². The van der Waals surface area contributed by atoms with Crippen LogP contribution in [-0.4, -0.2) is 28.5 Å². The molecule has 0 spiro atoms. The van der Waals surface area contributed by atoms with E-state index in [9.17, 15) is 18.7 Å². The summed E-state index contributed by atoms with van der Waals surface area (Å²) in [4.78, 5) is 16.5. The van der Waals surface area contributed by atoms with Gasteiger partial charge in [-0.05, 0) is 68.4 Å². The molecule has 0 saturated heterocycles. The standard InChI is InChI=1S/C25H25F2N3O2/c26-22-17(6-8-21(32)23(22)27)14-1-7-20-18(11-14)24(30-16-4-2-15(28)3-5-16)19(12-29-20)25(13-31)9-10-25/h1,6-8,11-13,15-16,32H,2-5,9-10,28H2,(H,29,30). The van der Waals surface area contributed by atoms with Gasteiger partial charge < -0.3 is 21.0 Å². The van der Waals surface area contributed by atoms with Gasteiger partial charge in [-0.2, -0.15) is 4.39 Å². The summed E-state index contributed by atoms with van der Waals surface area (Å²) in [5, 5.41) is 13.9. The van der Waals surface area contributed by atoms with Crippen molar-refractivity contribution in [3.05, 3.63) is 53.7 Å². The number of nitrogens with zero attached hydrogens (tertiary/aromatic N) is 1. The number of phenols is 1. The lowest BCUT2D eigenvalue weighted by atomic mass is 9.89. The largest absolute Gasteiger partial charge is 0.505 e. The second kappa shape index (κ2) is 7.81. The van der Waals surface area contributed by atoms with Crippen molar-refractivity contribution in [3.8, 4) is 16.9 Å². The van der Waals surface area contributed by atoms with Crippen molar-refractivity contribution in [2.75, 3.05) is 5.32 Å². The minimum Gasteiger partial charge on any atom is -0.505 e. The summed E-state index contributed by atoms with van der Waals surface area (Å²) >= 11 is 0. The van der Waals surface area contributed by atoms with Gasteiger partial charge in [0, 0.05) is 40.5 Å². The van der Waals surface area contributed by atoms with Crippen LogP contribution >= 0.6 is 0 Å². The van der Waals surface area contributed by atoms with E-state index in [1.165, 1.54) is 6.07 Å². The molecule has 0 unspecified atom stereocenters. The minimum atomic E-state index is -1.27. The van der Waals surface area contributed by atoms with Crippen LogP contribution in [0.1, 0.15) is 44.1 Å². The molecule has 0 radical (unpaired) electrons. The number of hydrogen-bond acceptors (Lipinski definition) is 5. The smallest absolute Gasteiger partial charge is 0.200 e. The van der Waals surface area contributed by atoms with E-state index in [4.69, 9.17) is 5.73 Å². The summed E-state index contributed by atoms with van der Waals surface area (Å²) in [6, 6.07) is 8.15. The quantitative estimate of drug-likeness (QED) is 0.499. The number of aromatic nitrogens is 1. The maximum Gasteiger partial charge on any atom is 0.200 e. The Balaban J connectivity index is 1.65. The van der Waals surface area contributed by atoms with Gasteiger partial charge in [0.15, 0.2) is 11.6 Å². The van der Waals surface area contributed by atoms with Crippen molar-refractivity contribution in [1.82, 2.24) is 4.98 Å². The molecule has 32 heavy (non-hydrogen) atoms. The van der Waals surface area contributed by atoms with Crippen molar-refractivity contribution in [2.24, 2.45) is 5.73 Å². The van der Waals surface area contributed by atoms with Crippen LogP contribution in [0.4, 0.5) is 14.5 Å². The fourth-order valence-corrected chi connectivity index (χ4v) is 4.71. The molecule has 166 valence electrons. The lowest BCUT2D eigenvalue weighted by molar-refractivity contribution is -0.109.